The fraction of sp³-hybridized carbons (Fsp3) is 0.235. The molecule has 3 rings (SSSR count). The molecule has 3 aromatic rings. The Kier molecular flexibility index (Phi) is 5.24. The third kappa shape index (κ3) is 4.45. The zero-order chi connectivity index (χ0) is 16.6. The maximum Gasteiger partial charge on any atom is 0.244 e. The maximum absolute atomic E-state index is 4.51. The van der Waals surface area contributed by atoms with Crippen LogP contribution in [0.15, 0.2) is 55.2 Å². The van der Waals surface area contributed by atoms with E-state index in [2.05, 4.69) is 35.4 Å². The van der Waals surface area contributed by atoms with Crippen molar-refractivity contribution in [2.24, 2.45) is 0 Å². The third-order valence-electron chi connectivity index (χ3n) is 3.62. The van der Waals surface area contributed by atoms with E-state index in [1.54, 1.807) is 18.6 Å². The summed E-state index contributed by atoms with van der Waals surface area (Å²) in [5.41, 5.74) is 2.36. The Morgan fingerprint density at radius 2 is 1.62 bits per heavy atom. The van der Waals surface area contributed by atoms with E-state index in [9.17, 15) is 0 Å². The highest BCUT2D eigenvalue weighted by molar-refractivity contribution is 5.39. The second-order valence-corrected chi connectivity index (χ2v) is 5.37. The fourth-order valence-corrected chi connectivity index (χ4v) is 2.20. The van der Waals surface area contributed by atoms with Crippen LogP contribution in [0, 0.1) is 0 Å². The van der Waals surface area contributed by atoms with Gasteiger partial charge in [-0.1, -0.05) is 0 Å². The highest BCUT2D eigenvalue weighted by atomic mass is 15.3. The quantitative estimate of drug-likeness (QED) is 0.712. The average molecular weight is 321 g/mol. The number of nitrogens with zero attached hydrogens (tertiary/aromatic N) is 6. The van der Waals surface area contributed by atoms with Crippen molar-refractivity contribution in [2.75, 3.05) is 23.8 Å². The number of anilines is 2. The van der Waals surface area contributed by atoms with Crippen LogP contribution in [0.1, 0.15) is 11.1 Å². The smallest absolute Gasteiger partial charge is 0.244 e. The fourth-order valence-electron chi connectivity index (χ4n) is 2.20. The summed E-state index contributed by atoms with van der Waals surface area (Å²) >= 11 is 0. The summed E-state index contributed by atoms with van der Waals surface area (Å²) in [6.07, 6.45) is 9.73. The largest absolute Gasteiger partial charge is 0.358 e. The van der Waals surface area contributed by atoms with Crippen LogP contribution in [0.25, 0.3) is 0 Å². The van der Waals surface area contributed by atoms with Gasteiger partial charge in [0.15, 0.2) is 5.82 Å². The lowest BCUT2D eigenvalue weighted by atomic mass is 10.2. The van der Waals surface area contributed by atoms with Gasteiger partial charge in [-0.2, -0.15) is 10.1 Å². The first-order chi connectivity index (χ1) is 11.8. The Hall–Kier alpha value is -3.09. The lowest BCUT2D eigenvalue weighted by Crippen LogP contribution is -2.22. The molecule has 7 nitrogen and oxygen atoms in total. The second-order valence-electron chi connectivity index (χ2n) is 5.37. The minimum absolute atomic E-state index is 0.514. The second kappa shape index (κ2) is 7.96. The van der Waals surface area contributed by atoms with E-state index >= 15 is 0 Å². The van der Waals surface area contributed by atoms with Crippen LogP contribution in [0.2, 0.25) is 0 Å². The number of hydrogen-bond acceptors (Lipinski definition) is 7. The van der Waals surface area contributed by atoms with Crippen LogP contribution in [0.3, 0.4) is 0 Å². The lowest BCUT2D eigenvalue weighted by molar-refractivity contribution is 0.835. The van der Waals surface area contributed by atoms with Crippen molar-refractivity contribution >= 4 is 11.8 Å². The van der Waals surface area contributed by atoms with Gasteiger partial charge in [-0.3, -0.25) is 9.97 Å². The zero-order valence-electron chi connectivity index (χ0n) is 13.5. The van der Waals surface area contributed by atoms with Crippen molar-refractivity contribution < 1.29 is 0 Å². The van der Waals surface area contributed by atoms with Gasteiger partial charge in [-0.15, -0.1) is 5.10 Å². The normalized spacial score (nSPS) is 10.4. The molecule has 0 fully saturated rings. The van der Waals surface area contributed by atoms with Crippen molar-refractivity contribution in [1.82, 2.24) is 25.1 Å². The van der Waals surface area contributed by atoms with Gasteiger partial charge in [0.1, 0.15) is 0 Å². The molecular formula is C17H19N7. The Balaban J connectivity index is 1.57. The predicted molar refractivity (Wildman–Crippen MR) is 92.6 cm³/mol. The van der Waals surface area contributed by atoms with Crippen LogP contribution in [-0.4, -0.2) is 38.7 Å². The van der Waals surface area contributed by atoms with Gasteiger partial charge < -0.3 is 10.2 Å². The van der Waals surface area contributed by atoms with E-state index < -0.39 is 0 Å². The van der Waals surface area contributed by atoms with Gasteiger partial charge in [0.25, 0.3) is 0 Å². The molecule has 0 aliphatic rings. The standard InChI is InChI=1S/C17H19N7/c1-24(11-6-14-2-7-18-8-3-14)16-13-21-23-17(22-16)20-12-15-4-9-19-10-5-15/h2-5,7-10,13H,6,11-12H2,1H3,(H,20,22,23). The maximum atomic E-state index is 4.51. The minimum atomic E-state index is 0.514. The van der Waals surface area contributed by atoms with E-state index in [0.29, 0.717) is 12.5 Å². The monoisotopic (exact) mass is 321 g/mol. The van der Waals surface area contributed by atoms with Crippen LogP contribution in [-0.2, 0) is 13.0 Å². The SMILES string of the molecule is CN(CCc1ccncc1)c1cnnc(NCc2ccncc2)n1. The molecule has 0 aliphatic heterocycles. The summed E-state index contributed by atoms with van der Waals surface area (Å²) < 4.78 is 0. The molecule has 3 aromatic heterocycles. The summed E-state index contributed by atoms with van der Waals surface area (Å²) in [6, 6.07) is 7.94. The average Bonchev–Trinajstić information content (AvgIpc) is 2.66. The highest BCUT2D eigenvalue weighted by Crippen LogP contribution is 2.11. The number of rotatable bonds is 7. The van der Waals surface area contributed by atoms with Gasteiger partial charge in [-0.05, 0) is 41.8 Å². The highest BCUT2D eigenvalue weighted by Gasteiger charge is 2.06. The van der Waals surface area contributed by atoms with Gasteiger partial charge in [-0.25, -0.2) is 0 Å². The molecule has 0 atom stereocenters. The zero-order valence-corrected chi connectivity index (χ0v) is 13.5. The van der Waals surface area contributed by atoms with E-state index in [0.717, 1.165) is 24.3 Å². The van der Waals surface area contributed by atoms with E-state index in [1.807, 2.05) is 43.7 Å². The van der Waals surface area contributed by atoms with Gasteiger partial charge in [0.05, 0.1) is 6.20 Å². The molecule has 24 heavy (non-hydrogen) atoms. The first-order valence-electron chi connectivity index (χ1n) is 7.74. The summed E-state index contributed by atoms with van der Waals surface area (Å²) in [5, 5.41) is 11.2. The molecule has 0 aromatic carbocycles. The molecule has 122 valence electrons. The summed E-state index contributed by atoms with van der Waals surface area (Å²) in [5.74, 6) is 1.30. The molecule has 0 saturated heterocycles. The van der Waals surface area contributed by atoms with E-state index in [1.165, 1.54) is 5.56 Å². The van der Waals surface area contributed by atoms with Crippen molar-refractivity contribution in [2.45, 2.75) is 13.0 Å². The predicted octanol–water partition coefficient (Wildman–Crippen LogP) is 1.95. The lowest BCUT2D eigenvalue weighted by Gasteiger charge is -2.18. The number of pyridine rings is 2. The molecule has 0 saturated carbocycles. The van der Waals surface area contributed by atoms with Gasteiger partial charge in [0, 0.05) is 44.9 Å². The molecule has 0 unspecified atom stereocenters. The Morgan fingerprint density at radius 3 is 2.33 bits per heavy atom. The molecular weight excluding hydrogens is 302 g/mol. The van der Waals surface area contributed by atoms with Crippen molar-refractivity contribution in [3.63, 3.8) is 0 Å². The summed E-state index contributed by atoms with van der Waals surface area (Å²) in [7, 11) is 2.00. The molecule has 0 aliphatic carbocycles. The number of nitrogens with one attached hydrogen (secondary N) is 1. The molecule has 0 bridgehead atoms. The molecule has 1 N–H and O–H groups in total. The topological polar surface area (TPSA) is 79.7 Å². The Labute approximate surface area is 140 Å². The number of likely N-dealkylation sites (N-methyl/N-ethyl adjacent to an activating group) is 1. The molecule has 7 heteroatoms. The molecule has 0 amide bonds. The van der Waals surface area contributed by atoms with Crippen molar-refractivity contribution in [3.05, 3.63) is 66.4 Å². The van der Waals surface area contributed by atoms with Crippen LogP contribution in [0.5, 0.6) is 0 Å². The first kappa shape index (κ1) is 15.8. The van der Waals surface area contributed by atoms with Crippen molar-refractivity contribution in [3.8, 4) is 0 Å². The van der Waals surface area contributed by atoms with Gasteiger partial charge in [0.2, 0.25) is 5.95 Å². The minimum Gasteiger partial charge on any atom is -0.358 e. The van der Waals surface area contributed by atoms with Crippen LogP contribution in [0.4, 0.5) is 11.8 Å². The molecule has 3 heterocycles. The van der Waals surface area contributed by atoms with Crippen LogP contribution >= 0.6 is 0 Å². The number of aromatic nitrogens is 5. The third-order valence-corrected chi connectivity index (χ3v) is 3.62. The van der Waals surface area contributed by atoms with E-state index in [-0.39, 0.29) is 0 Å². The van der Waals surface area contributed by atoms with Gasteiger partial charge >= 0.3 is 0 Å². The summed E-state index contributed by atoms with van der Waals surface area (Å²) in [6.45, 7) is 1.47. The van der Waals surface area contributed by atoms with E-state index in [4.69, 9.17) is 0 Å². The Morgan fingerprint density at radius 1 is 0.958 bits per heavy atom. The molecule has 0 spiro atoms. The Bertz CT molecular complexity index is 749. The van der Waals surface area contributed by atoms with Crippen LogP contribution < -0.4 is 10.2 Å². The molecule has 0 radical (unpaired) electrons. The summed E-state index contributed by atoms with van der Waals surface area (Å²) in [4.78, 5) is 14.6. The first-order valence-corrected chi connectivity index (χ1v) is 7.74. The van der Waals surface area contributed by atoms with Crippen molar-refractivity contribution in [1.29, 1.82) is 0 Å². The number of hydrogen-bond donors (Lipinski definition) is 1.